The van der Waals surface area contributed by atoms with E-state index in [-0.39, 0.29) is 15.9 Å². The van der Waals surface area contributed by atoms with E-state index in [0.29, 0.717) is 19.6 Å². The lowest BCUT2D eigenvalue weighted by atomic mass is 10.3. The number of nitrogens with two attached hydrogens (primary N) is 1. The minimum atomic E-state index is -3.76. The lowest BCUT2D eigenvalue weighted by Gasteiger charge is -2.08. The number of rotatable bonds is 3. The van der Waals surface area contributed by atoms with Crippen LogP contribution in [0.3, 0.4) is 0 Å². The van der Waals surface area contributed by atoms with E-state index in [0.717, 1.165) is 11.3 Å². The molecule has 0 bridgehead atoms. The van der Waals surface area contributed by atoms with Gasteiger partial charge >= 0.3 is 5.97 Å². The van der Waals surface area contributed by atoms with Gasteiger partial charge in [-0.25, -0.2) is 18.4 Å². The number of carbonyl (C=O) groups is 1. The molecule has 1 aliphatic heterocycles. The summed E-state index contributed by atoms with van der Waals surface area (Å²) < 4.78 is 32.2. The molecular weight excluding hydrogens is 266 g/mol. The Labute approximate surface area is 102 Å². The monoisotopic (exact) mass is 277 g/mol. The summed E-state index contributed by atoms with van der Waals surface area (Å²) in [6, 6.07) is 1.22. The van der Waals surface area contributed by atoms with Gasteiger partial charge in [-0.3, -0.25) is 0 Å². The van der Waals surface area contributed by atoms with Crippen LogP contribution in [0.4, 0.5) is 0 Å². The lowest BCUT2D eigenvalue weighted by molar-refractivity contribution is 0.0271. The van der Waals surface area contributed by atoms with Crippen LogP contribution in [0.1, 0.15) is 16.8 Å². The smallest absolute Gasteiger partial charge is 0.339 e. The summed E-state index contributed by atoms with van der Waals surface area (Å²) in [5, 5.41) is 6.36. The molecule has 1 aromatic rings. The largest absolute Gasteiger partial charge is 0.456 e. The quantitative estimate of drug-likeness (QED) is 0.804. The van der Waals surface area contributed by atoms with Gasteiger partial charge in [0.05, 0.1) is 18.8 Å². The molecule has 1 saturated heterocycles. The molecule has 0 saturated carbocycles. The molecule has 0 aromatic carbocycles. The van der Waals surface area contributed by atoms with Crippen LogP contribution in [0, 0.1) is 0 Å². The average molecular weight is 277 g/mol. The summed E-state index contributed by atoms with van der Waals surface area (Å²) >= 11 is 0.898. The Morgan fingerprint density at radius 2 is 2.35 bits per heavy atom. The van der Waals surface area contributed by atoms with Crippen LogP contribution in [0.5, 0.6) is 0 Å². The minimum Gasteiger partial charge on any atom is -0.456 e. The van der Waals surface area contributed by atoms with Gasteiger partial charge in [0.15, 0.2) is 0 Å². The maximum atomic E-state index is 11.6. The Hall–Kier alpha value is -0.960. The number of carbonyl (C=O) groups excluding carboxylic acids is 1. The van der Waals surface area contributed by atoms with Crippen molar-refractivity contribution in [3.63, 3.8) is 0 Å². The summed E-state index contributed by atoms with van der Waals surface area (Å²) in [6.45, 7) is 0.960. The molecule has 0 amide bonds. The molecule has 1 aliphatic rings. The molecule has 0 radical (unpaired) electrons. The van der Waals surface area contributed by atoms with Gasteiger partial charge < -0.3 is 9.47 Å². The molecule has 6 nitrogen and oxygen atoms in total. The van der Waals surface area contributed by atoms with Gasteiger partial charge in [0.1, 0.15) is 10.3 Å². The zero-order valence-electron chi connectivity index (χ0n) is 8.79. The standard InChI is InChI=1S/C9H11NO5S2/c10-17(12,13)8-3-6(5-16-8)9(11)15-7-1-2-14-4-7/h3,5,7H,1-2,4H2,(H2,10,12,13). The maximum absolute atomic E-state index is 11.6. The highest BCUT2D eigenvalue weighted by Gasteiger charge is 2.22. The van der Waals surface area contributed by atoms with Crippen molar-refractivity contribution in [2.45, 2.75) is 16.7 Å². The minimum absolute atomic E-state index is 0.0490. The third kappa shape index (κ3) is 3.03. The number of primary sulfonamides is 1. The first-order valence-electron chi connectivity index (χ1n) is 4.87. The van der Waals surface area contributed by atoms with Gasteiger partial charge in [-0.15, -0.1) is 11.3 Å². The highest BCUT2D eigenvalue weighted by Crippen LogP contribution is 2.20. The molecule has 8 heteroatoms. The van der Waals surface area contributed by atoms with Crippen LogP contribution in [-0.4, -0.2) is 33.7 Å². The van der Waals surface area contributed by atoms with Gasteiger partial charge in [-0.2, -0.15) is 0 Å². The zero-order valence-corrected chi connectivity index (χ0v) is 10.4. The predicted molar refractivity (Wildman–Crippen MR) is 60.3 cm³/mol. The molecule has 1 atom stereocenters. The van der Waals surface area contributed by atoms with E-state index in [1.54, 1.807) is 0 Å². The van der Waals surface area contributed by atoms with Gasteiger partial charge in [-0.05, 0) is 6.07 Å². The second kappa shape index (κ2) is 4.73. The normalized spacial score (nSPS) is 20.4. The summed E-state index contributed by atoms with van der Waals surface area (Å²) in [5.74, 6) is -0.549. The highest BCUT2D eigenvalue weighted by atomic mass is 32.2. The third-order valence-electron chi connectivity index (χ3n) is 2.25. The van der Waals surface area contributed by atoms with E-state index in [2.05, 4.69) is 0 Å². The maximum Gasteiger partial charge on any atom is 0.339 e. The Balaban J connectivity index is 2.07. The summed E-state index contributed by atoms with van der Waals surface area (Å²) in [5.41, 5.74) is 0.200. The van der Waals surface area contributed by atoms with Crippen LogP contribution in [-0.2, 0) is 19.5 Å². The van der Waals surface area contributed by atoms with Crippen LogP contribution in [0.15, 0.2) is 15.7 Å². The number of sulfonamides is 1. The first-order chi connectivity index (χ1) is 7.97. The summed E-state index contributed by atoms with van der Waals surface area (Å²) in [6.07, 6.45) is 0.415. The average Bonchev–Trinajstić information content (AvgIpc) is 2.85. The summed E-state index contributed by atoms with van der Waals surface area (Å²) in [7, 11) is -3.76. The van der Waals surface area contributed by atoms with Gasteiger partial charge in [0.25, 0.3) is 0 Å². The number of hydrogen-bond donors (Lipinski definition) is 1. The van der Waals surface area contributed by atoms with Crippen LogP contribution in [0.2, 0.25) is 0 Å². The van der Waals surface area contributed by atoms with Crippen LogP contribution < -0.4 is 5.14 Å². The topological polar surface area (TPSA) is 95.7 Å². The first kappa shape index (κ1) is 12.5. The number of hydrogen-bond acceptors (Lipinski definition) is 6. The van der Waals surface area contributed by atoms with Crippen LogP contribution >= 0.6 is 11.3 Å². The Kier molecular flexibility index (Phi) is 3.48. The first-order valence-corrected chi connectivity index (χ1v) is 7.29. The second-order valence-corrected chi connectivity index (χ2v) is 6.29. The summed E-state index contributed by atoms with van der Waals surface area (Å²) in [4.78, 5) is 11.6. The van der Waals surface area contributed by atoms with E-state index in [9.17, 15) is 13.2 Å². The molecule has 17 heavy (non-hydrogen) atoms. The number of thiophene rings is 1. The fraction of sp³-hybridized carbons (Fsp3) is 0.444. The van der Waals surface area contributed by atoms with Crippen LogP contribution in [0.25, 0.3) is 0 Å². The van der Waals surface area contributed by atoms with E-state index in [1.165, 1.54) is 11.4 Å². The fourth-order valence-corrected chi connectivity index (χ4v) is 2.97. The Morgan fingerprint density at radius 1 is 1.59 bits per heavy atom. The van der Waals surface area contributed by atoms with E-state index < -0.39 is 16.0 Å². The van der Waals surface area contributed by atoms with Crippen molar-refractivity contribution in [3.05, 3.63) is 17.0 Å². The molecule has 2 N–H and O–H groups in total. The van der Waals surface area contributed by atoms with E-state index >= 15 is 0 Å². The third-order valence-corrected chi connectivity index (χ3v) is 4.64. The molecule has 1 fully saturated rings. The van der Waals surface area contributed by atoms with Gasteiger partial charge in [0, 0.05) is 11.8 Å². The second-order valence-electron chi connectivity index (χ2n) is 3.59. The molecule has 94 valence electrons. The SMILES string of the molecule is NS(=O)(=O)c1cc(C(=O)OC2CCOC2)cs1. The molecule has 0 spiro atoms. The predicted octanol–water partition coefficient (Wildman–Crippen LogP) is 0.341. The van der Waals surface area contributed by atoms with Gasteiger partial charge in [0.2, 0.25) is 10.0 Å². The van der Waals surface area contributed by atoms with Crippen molar-refractivity contribution in [3.8, 4) is 0 Å². The molecular formula is C9H11NO5S2. The Morgan fingerprint density at radius 3 is 2.88 bits per heavy atom. The van der Waals surface area contributed by atoms with E-state index in [1.807, 2.05) is 0 Å². The van der Waals surface area contributed by atoms with Crippen molar-refractivity contribution in [2.24, 2.45) is 5.14 Å². The molecule has 1 aromatic heterocycles. The van der Waals surface area contributed by atoms with Crippen molar-refractivity contribution >= 4 is 27.3 Å². The Bertz CT molecular complexity index is 515. The van der Waals surface area contributed by atoms with E-state index in [4.69, 9.17) is 14.6 Å². The number of esters is 1. The van der Waals surface area contributed by atoms with Crippen molar-refractivity contribution in [1.29, 1.82) is 0 Å². The van der Waals surface area contributed by atoms with Crippen molar-refractivity contribution in [1.82, 2.24) is 0 Å². The molecule has 1 unspecified atom stereocenters. The number of ether oxygens (including phenoxy) is 2. The molecule has 2 rings (SSSR count). The molecule has 0 aliphatic carbocycles. The fourth-order valence-electron chi connectivity index (χ4n) is 1.40. The highest BCUT2D eigenvalue weighted by molar-refractivity contribution is 7.91. The molecule has 2 heterocycles. The van der Waals surface area contributed by atoms with Crippen molar-refractivity contribution in [2.75, 3.05) is 13.2 Å². The van der Waals surface area contributed by atoms with Gasteiger partial charge in [-0.1, -0.05) is 0 Å². The zero-order chi connectivity index (χ0) is 12.5. The van der Waals surface area contributed by atoms with Crippen molar-refractivity contribution < 1.29 is 22.7 Å². The lowest BCUT2D eigenvalue weighted by Crippen LogP contribution is -2.17.